The fraction of sp³-hybridized carbons (Fsp3) is 0.667. The zero-order valence-electron chi connectivity index (χ0n) is 10.3. The van der Waals surface area contributed by atoms with Crippen LogP contribution in [0.4, 0.5) is 8.78 Å². The molecule has 0 amide bonds. The van der Waals surface area contributed by atoms with Gasteiger partial charge in [-0.3, -0.25) is 0 Å². The molecule has 0 fully saturated rings. The molecule has 1 rings (SSSR count). The number of halogens is 2. The van der Waals surface area contributed by atoms with Gasteiger partial charge in [-0.1, -0.05) is 41.5 Å². The summed E-state index contributed by atoms with van der Waals surface area (Å²) in [5.74, 6) is -1.49. The summed E-state index contributed by atoms with van der Waals surface area (Å²) in [6, 6.07) is 0. The Hall–Kier alpha value is -0.860. The highest BCUT2D eigenvalue weighted by atomic mass is 19.2. The van der Waals surface area contributed by atoms with Crippen molar-refractivity contribution < 1.29 is 8.78 Å². The van der Waals surface area contributed by atoms with E-state index in [1.165, 1.54) is 0 Å². The van der Waals surface area contributed by atoms with Crippen molar-refractivity contribution in [2.24, 2.45) is 0 Å². The molecule has 0 radical (unpaired) electrons. The minimum Gasteiger partial charge on any atom is -0.356 e. The fourth-order valence-corrected chi connectivity index (χ4v) is 1.49. The molecule has 0 aliphatic rings. The highest BCUT2D eigenvalue weighted by molar-refractivity contribution is 5.27. The Labute approximate surface area is 89.9 Å². The molecule has 0 saturated heterocycles. The van der Waals surface area contributed by atoms with E-state index in [2.05, 4.69) is 4.98 Å². The van der Waals surface area contributed by atoms with Crippen molar-refractivity contribution in [3.05, 3.63) is 23.0 Å². The molecule has 0 saturated carbocycles. The van der Waals surface area contributed by atoms with Crippen LogP contribution < -0.4 is 0 Å². The molecule has 0 aliphatic carbocycles. The standard InChI is InChI=1S/C12H19F2N/c1-11(2,3)9-7(13)8(14)10(15-9)12(4,5)6/h15H,1-6H3. The van der Waals surface area contributed by atoms with Gasteiger partial charge >= 0.3 is 0 Å². The molecule has 15 heavy (non-hydrogen) atoms. The molecular weight excluding hydrogens is 196 g/mol. The van der Waals surface area contributed by atoms with Gasteiger partial charge in [-0.2, -0.15) is 0 Å². The first-order valence-corrected chi connectivity index (χ1v) is 5.13. The van der Waals surface area contributed by atoms with Crippen LogP contribution in [0.3, 0.4) is 0 Å². The zero-order chi connectivity index (χ0) is 12.0. The van der Waals surface area contributed by atoms with Gasteiger partial charge in [-0.05, 0) is 0 Å². The van der Waals surface area contributed by atoms with Crippen LogP contribution in [0.5, 0.6) is 0 Å². The van der Waals surface area contributed by atoms with Gasteiger partial charge in [-0.15, -0.1) is 0 Å². The number of aromatic nitrogens is 1. The maximum atomic E-state index is 13.6. The predicted molar refractivity (Wildman–Crippen MR) is 58.1 cm³/mol. The number of rotatable bonds is 0. The summed E-state index contributed by atoms with van der Waals surface area (Å²) in [5, 5.41) is 0. The highest BCUT2D eigenvalue weighted by Crippen LogP contribution is 2.32. The van der Waals surface area contributed by atoms with Gasteiger partial charge in [-0.25, -0.2) is 8.78 Å². The van der Waals surface area contributed by atoms with Crippen molar-refractivity contribution in [1.82, 2.24) is 4.98 Å². The van der Waals surface area contributed by atoms with Crippen LogP contribution in [-0.2, 0) is 10.8 Å². The van der Waals surface area contributed by atoms with E-state index in [1.54, 1.807) is 0 Å². The molecule has 0 spiro atoms. The molecule has 1 nitrogen and oxygen atoms in total. The third-order valence-electron chi connectivity index (χ3n) is 2.38. The second kappa shape index (κ2) is 3.32. The lowest BCUT2D eigenvalue weighted by Crippen LogP contribution is -2.16. The number of hydrogen-bond donors (Lipinski definition) is 1. The summed E-state index contributed by atoms with van der Waals surface area (Å²) < 4.78 is 27.3. The molecule has 0 bridgehead atoms. The molecule has 1 aromatic heterocycles. The minimum absolute atomic E-state index is 0.338. The largest absolute Gasteiger partial charge is 0.356 e. The lowest BCUT2D eigenvalue weighted by molar-refractivity contribution is 0.459. The summed E-state index contributed by atoms with van der Waals surface area (Å²) >= 11 is 0. The molecule has 3 heteroatoms. The quantitative estimate of drug-likeness (QED) is 0.675. The zero-order valence-corrected chi connectivity index (χ0v) is 10.3. The third-order valence-corrected chi connectivity index (χ3v) is 2.38. The summed E-state index contributed by atoms with van der Waals surface area (Å²) in [4.78, 5) is 2.88. The van der Waals surface area contributed by atoms with Gasteiger partial charge in [0.05, 0.1) is 11.4 Å². The van der Waals surface area contributed by atoms with Crippen LogP contribution in [0.1, 0.15) is 52.9 Å². The number of aromatic amines is 1. The second-order valence-corrected chi connectivity index (χ2v) is 6.00. The molecule has 1 aromatic rings. The topological polar surface area (TPSA) is 15.8 Å². The van der Waals surface area contributed by atoms with Crippen molar-refractivity contribution in [1.29, 1.82) is 0 Å². The van der Waals surface area contributed by atoms with E-state index in [-0.39, 0.29) is 0 Å². The van der Waals surface area contributed by atoms with E-state index in [0.29, 0.717) is 11.4 Å². The second-order valence-electron chi connectivity index (χ2n) is 6.00. The molecule has 1 N–H and O–H groups in total. The van der Waals surface area contributed by atoms with Crippen LogP contribution in [-0.4, -0.2) is 4.98 Å². The van der Waals surface area contributed by atoms with Gasteiger partial charge in [0.1, 0.15) is 0 Å². The third kappa shape index (κ3) is 2.21. The summed E-state index contributed by atoms with van der Waals surface area (Å²) in [6.45, 7) is 11.1. The average Bonchev–Trinajstić information content (AvgIpc) is 2.26. The first-order chi connectivity index (χ1) is 6.55. The number of hydrogen-bond acceptors (Lipinski definition) is 0. The average molecular weight is 215 g/mol. The van der Waals surface area contributed by atoms with Gasteiger partial charge in [0.2, 0.25) is 0 Å². The summed E-state index contributed by atoms with van der Waals surface area (Å²) in [6.07, 6.45) is 0. The van der Waals surface area contributed by atoms with Crippen LogP contribution in [0.2, 0.25) is 0 Å². The molecule has 0 atom stereocenters. The Kier molecular flexibility index (Phi) is 2.71. The van der Waals surface area contributed by atoms with Crippen molar-refractivity contribution in [3.63, 3.8) is 0 Å². The monoisotopic (exact) mass is 215 g/mol. The maximum absolute atomic E-state index is 13.6. The van der Waals surface area contributed by atoms with E-state index in [0.717, 1.165) is 0 Å². The van der Waals surface area contributed by atoms with E-state index in [9.17, 15) is 8.78 Å². The van der Waals surface area contributed by atoms with Gasteiger partial charge < -0.3 is 4.98 Å². The van der Waals surface area contributed by atoms with E-state index < -0.39 is 22.5 Å². The van der Waals surface area contributed by atoms with Crippen molar-refractivity contribution in [2.75, 3.05) is 0 Å². The molecule has 0 aliphatic heterocycles. The van der Waals surface area contributed by atoms with Gasteiger partial charge in [0.15, 0.2) is 11.6 Å². The molecule has 86 valence electrons. The van der Waals surface area contributed by atoms with Crippen molar-refractivity contribution in [2.45, 2.75) is 52.4 Å². The SMILES string of the molecule is CC(C)(C)c1[nH]c(C(C)(C)C)c(F)c1F. The maximum Gasteiger partial charge on any atom is 0.180 e. The first kappa shape index (κ1) is 12.2. The minimum atomic E-state index is -0.743. The Morgan fingerprint density at radius 2 is 1.00 bits per heavy atom. The smallest absolute Gasteiger partial charge is 0.180 e. The van der Waals surface area contributed by atoms with Crippen molar-refractivity contribution >= 4 is 0 Å². The predicted octanol–water partition coefficient (Wildman–Crippen LogP) is 3.89. The highest BCUT2D eigenvalue weighted by Gasteiger charge is 2.30. The summed E-state index contributed by atoms with van der Waals surface area (Å²) in [5.41, 5.74) is -0.141. The Bertz CT molecular complexity index is 330. The van der Waals surface area contributed by atoms with Crippen LogP contribution in [0.15, 0.2) is 0 Å². The van der Waals surface area contributed by atoms with E-state index in [4.69, 9.17) is 0 Å². The lowest BCUT2D eigenvalue weighted by Gasteiger charge is -2.19. The summed E-state index contributed by atoms with van der Waals surface area (Å²) in [7, 11) is 0. The van der Waals surface area contributed by atoms with Crippen LogP contribution in [0, 0.1) is 11.6 Å². The fourth-order valence-electron chi connectivity index (χ4n) is 1.49. The first-order valence-electron chi connectivity index (χ1n) is 5.13. The van der Waals surface area contributed by atoms with Crippen LogP contribution in [0.25, 0.3) is 0 Å². The van der Waals surface area contributed by atoms with Crippen LogP contribution >= 0.6 is 0 Å². The number of H-pyrrole nitrogens is 1. The Morgan fingerprint density at radius 3 is 1.13 bits per heavy atom. The van der Waals surface area contributed by atoms with E-state index >= 15 is 0 Å². The Balaban J connectivity index is 3.38. The molecule has 1 heterocycles. The van der Waals surface area contributed by atoms with Crippen molar-refractivity contribution in [3.8, 4) is 0 Å². The lowest BCUT2D eigenvalue weighted by atomic mass is 9.92. The Morgan fingerprint density at radius 1 is 0.733 bits per heavy atom. The normalized spacial score (nSPS) is 13.3. The molecule has 0 unspecified atom stereocenters. The number of nitrogens with one attached hydrogen (secondary N) is 1. The van der Waals surface area contributed by atoms with Gasteiger partial charge in [0.25, 0.3) is 0 Å². The molecular formula is C12H19F2N. The van der Waals surface area contributed by atoms with Gasteiger partial charge in [0, 0.05) is 10.8 Å². The molecule has 0 aromatic carbocycles. The van der Waals surface area contributed by atoms with E-state index in [1.807, 2.05) is 41.5 Å².